The lowest BCUT2D eigenvalue weighted by Gasteiger charge is -2.26. The molecular formula is C28H38N2O4S. The van der Waals surface area contributed by atoms with Gasteiger partial charge in [-0.25, -0.2) is 8.42 Å². The molecule has 0 radical (unpaired) electrons. The number of piperidine rings is 1. The van der Waals surface area contributed by atoms with Crippen molar-refractivity contribution < 1.29 is 17.9 Å². The van der Waals surface area contributed by atoms with Gasteiger partial charge in [-0.15, -0.1) is 0 Å². The highest BCUT2D eigenvalue weighted by molar-refractivity contribution is 7.89. The van der Waals surface area contributed by atoms with E-state index in [2.05, 4.69) is 30.4 Å². The second kappa shape index (κ2) is 11.6. The van der Waals surface area contributed by atoms with Crippen LogP contribution in [0, 0.1) is 0 Å². The molecule has 2 aromatic rings. The Bertz CT molecular complexity index is 1140. The molecule has 0 aromatic heterocycles. The first-order chi connectivity index (χ1) is 16.9. The number of carbonyl (C=O) groups is 1. The van der Waals surface area contributed by atoms with E-state index in [1.165, 1.54) is 24.0 Å². The molecule has 4 rings (SSSR count). The fourth-order valence-electron chi connectivity index (χ4n) is 5.27. The number of benzene rings is 2. The monoisotopic (exact) mass is 498 g/mol. The van der Waals surface area contributed by atoms with E-state index in [1.54, 1.807) is 29.6 Å². The van der Waals surface area contributed by atoms with E-state index in [1.807, 2.05) is 0 Å². The normalized spacial score (nSPS) is 17.4. The Balaban J connectivity index is 1.43. The predicted octanol–water partition coefficient (Wildman–Crippen LogP) is 4.95. The summed E-state index contributed by atoms with van der Waals surface area (Å²) in [7, 11) is -1.97. The van der Waals surface area contributed by atoms with Gasteiger partial charge in [0.15, 0.2) is 0 Å². The Kier molecular flexibility index (Phi) is 8.50. The minimum atomic E-state index is -3.54. The van der Waals surface area contributed by atoms with E-state index in [-0.39, 0.29) is 23.3 Å². The van der Waals surface area contributed by atoms with Gasteiger partial charge in [0.2, 0.25) is 15.9 Å². The number of sulfonamides is 1. The number of methoxy groups -OCH3 is 1. The van der Waals surface area contributed by atoms with Crippen LogP contribution in [0.25, 0.3) is 0 Å². The molecule has 2 aromatic carbocycles. The largest absolute Gasteiger partial charge is 0.496 e. The van der Waals surface area contributed by atoms with Crippen molar-refractivity contribution in [1.82, 2.24) is 9.62 Å². The lowest BCUT2D eigenvalue weighted by Crippen LogP contribution is -2.35. The van der Waals surface area contributed by atoms with Gasteiger partial charge in [-0.2, -0.15) is 4.31 Å². The highest BCUT2D eigenvalue weighted by atomic mass is 32.2. The van der Waals surface area contributed by atoms with Crippen molar-refractivity contribution in [3.05, 3.63) is 58.7 Å². The van der Waals surface area contributed by atoms with Crippen molar-refractivity contribution in [3.8, 4) is 5.75 Å². The molecule has 0 bridgehead atoms. The third-order valence-corrected chi connectivity index (χ3v) is 9.24. The Morgan fingerprint density at radius 2 is 1.74 bits per heavy atom. The van der Waals surface area contributed by atoms with Crippen LogP contribution >= 0.6 is 0 Å². The predicted molar refractivity (Wildman–Crippen MR) is 138 cm³/mol. The number of aryl methyl sites for hydroxylation is 3. The SMILES string of the molecule is CCC(NC(=O)CCc1cc(S(=O)(=O)N2CCCCC2)ccc1OC)c1ccc2c(c1)CCCC2. The topological polar surface area (TPSA) is 75.7 Å². The number of fused-ring (bicyclic) bond motifs is 1. The number of hydrogen-bond donors (Lipinski definition) is 1. The number of ether oxygens (including phenoxy) is 1. The van der Waals surface area contributed by atoms with Crippen LogP contribution in [0.3, 0.4) is 0 Å². The molecule has 1 aliphatic heterocycles. The molecule has 35 heavy (non-hydrogen) atoms. The average molecular weight is 499 g/mol. The summed E-state index contributed by atoms with van der Waals surface area (Å²) in [6, 6.07) is 11.6. The number of nitrogens with one attached hydrogen (secondary N) is 1. The van der Waals surface area contributed by atoms with Crippen molar-refractivity contribution in [1.29, 1.82) is 0 Å². The van der Waals surface area contributed by atoms with Gasteiger partial charge in [0.05, 0.1) is 18.0 Å². The summed E-state index contributed by atoms with van der Waals surface area (Å²) in [5.74, 6) is 0.568. The molecule has 1 saturated heterocycles. The number of rotatable bonds is 9. The smallest absolute Gasteiger partial charge is 0.243 e. The van der Waals surface area contributed by atoms with E-state index >= 15 is 0 Å². The molecule has 1 unspecified atom stereocenters. The first-order valence-electron chi connectivity index (χ1n) is 13.0. The fraction of sp³-hybridized carbons (Fsp3) is 0.536. The van der Waals surface area contributed by atoms with Crippen LogP contribution in [-0.2, 0) is 34.1 Å². The maximum atomic E-state index is 13.1. The quantitative estimate of drug-likeness (QED) is 0.531. The molecule has 6 nitrogen and oxygen atoms in total. The number of amides is 1. The lowest BCUT2D eigenvalue weighted by atomic mass is 9.88. The van der Waals surface area contributed by atoms with Gasteiger partial charge < -0.3 is 10.1 Å². The van der Waals surface area contributed by atoms with E-state index in [0.29, 0.717) is 25.3 Å². The summed E-state index contributed by atoms with van der Waals surface area (Å²) in [5.41, 5.74) is 4.75. The van der Waals surface area contributed by atoms with Crippen LogP contribution in [0.15, 0.2) is 41.3 Å². The lowest BCUT2D eigenvalue weighted by molar-refractivity contribution is -0.121. The molecule has 1 N–H and O–H groups in total. The van der Waals surface area contributed by atoms with Crippen LogP contribution in [0.5, 0.6) is 5.75 Å². The van der Waals surface area contributed by atoms with Gasteiger partial charge in [0.25, 0.3) is 0 Å². The second-order valence-corrected chi connectivity index (χ2v) is 11.6. The van der Waals surface area contributed by atoms with Gasteiger partial charge in [0, 0.05) is 19.5 Å². The molecule has 7 heteroatoms. The van der Waals surface area contributed by atoms with Crippen LogP contribution in [0.4, 0.5) is 0 Å². The summed E-state index contributed by atoms with van der Waals surface area (Å²) < 4.78 is 33.3. The van der Waals surface area contributed by atoms with Crippen molar-refractivity contribution in [2.45, 2.75) is 82.1 Å². The zero-order valence-corrected chi connectivity index (χ0v) is 21.8. The third-order valence-electron chi connectivity index (χ3n) is 7.34. The standard InChI is InChI=1S/C28H38N2O4S/c1-3-26(23-12-11-21-9-5-6-10-22(21)19-23)29-28(31)16-13-24-20-25(14-15-27(24)34-2)35(32,33)30-17-7-4-8-18-30/h11-12,14-15,19-20,26H,3-10,13,16-18H2,1-2H3,(H,29,31). The van der Waals surface area contributed by atoms with Gasteiger partial charge in [-0.1, -0.05) is 31.5 Å². The Morgan fingerprint density at radius 3 is 2.46 bits per heavy atom. The van der Waals surface area contributed by atoms with Crippen molar-refractivity contribution in [2.75, 3.05) is 20.2 Å². The van der Waals surface area contributed by atoms with Crippen molar-refractivity contribution >= 4 is 15.9 Å². The zero-order chi connectivity index (χ0) is 24.8. The highest BCUT2D eigenvalue weighted by Gasteiger charge is 2.27. The van der Waals surface area contributed by atoms with E-state index < -0.39 is 10.0 Å². The molecule has 1 atom stereocenters. The molecule has 190 valence electrons. The van der Waals surface area contributed by atoms with Crippen LogP contribution in [0.1, 0.15) is 80.2 Å². The van der Waals surface area contributed by atoms with Crippen molar-refractivity contribution in [3.63, 3.8) is 0 Å². The van der Waals surface area contributed by atoms with Gasteiger partial charge in [-0.05, 0) is 91.8 Å². The van der Waals surface area contributed by atoms with Gasteiger partial charge in [0.1, 0.15) is 5.75 Å². The zero-order valence-electron chi connectivity index (χ0n) is 21.0. The molecule has 0 spiro atoms. The third kappa shape index (κ3) is 6.07. The highest BCUT2D eigenvalue weighted by Crippen LogP contribution is 2.28. The Labute approximate surface area is 210 Å². The maximum absolute atomic E-state index is 13.1. The van der Waals surface area contributed by atoms with E-state index in [9.17, 15) is 13.2 Å². The number of nitrogens with zero attached hydrogens (tertiary/aromatic N) is 1. The fourth-order valence-corrected chi connectivity index (χ4v) is 6.84. The summed E-state index contributed by atoms with van der Waals surface area (Å²) in [5, 5.41) is 3.19. The van der Waals surface area contributed by atoms with Gasteiger partial charge >= 0.3 is 0 Å². The number of carbonyl (C=O) groups excluding carboxylic acids is 1. The Hall–Kier alpha value is -2.38. The van der Waals surface area contributed by atoms with Crippen LogP contribution in [-0.4, -0.2) is 38.8 Å². The summed E-state index contributed by atoms with van der Waals surface area (Å²) in [4.78, 5) is 13.2. The molecular weight excluding hydrogens is 460 g/mol. The molecule has 1 fully saturated rings. The summed E-state index contributed by atoms with van der Waals surface area (Å²) in [6.07, 6.45) is 9.10. The molecule has 1 amide bonds. The second-order valence-electron chi connectivity index (χ2n) is 9.70. The average Bonchev–Trinajstić information content (AvgIpc) is 2.90. The van der Waals surface area contributed by atoms with E-state index in [4.69, 9.17) is 4.74 Å². The molecule has 0 saturated carbocycles. The van der Waals surface area contributed by atoms with E-state index in [0.717, 1.165) is 49.7 Å². The van der Waals surface area contributed by atoms with Gasteiger partial charge in [-0.3, -0.25) is 4.79 Å². The van der Waals surface area contributed by atoms with Crippen LogP contribution < -0.4 is 10.1 Å². The molecule has 1 aliphatic carbocycles. The summed E-state index contributed by atoms with van der Waals surface area (Å²) in [6.45, 7) is 3.21. The molecule has 1 heterocycles. The van der Waals surface area contributed by atoms with Crippen molar-refractivity contribution in [2.24, 2.45) is 0 Å². The minimum absolute atomic E-state index is 0.0255. The maximum Gasteiger partial charge on any atom is 0.243 e. The first-order valence-corrected chi connectivity index (χ1v) is 14.4. The summed E-state index contributed by atoms with van der Waals surface area (Å²) >= 11 is 0. The Morgan fingerprint density at radius 1 is 1.00 bits per heavy atom. The first kappa shape index (κ1) is 25.7. The van der Waals surface area contributed by atoms with Crippen LogP contribution in [0.2, 0.25) is 0 Å². The molecule has 2 aliphatic rings. The number of hydrogen-bond acceptors (Lipinski definition) is 4. The minimum Gasteiger partial charge on any atom is -0.496 e.